The Balaban J connectivity index is 2.14. The summed E-state index contributed by atoms with van der Waals surface area (Å²) in [7, 11) is 0. The lowest BCUT2D eigenvalue weighted by molar-refractivity contribution is -0.117. The Labute approximate surface area is 116 Å². The van der Waals surface area contributed by atoms with Crippen molar-refractivity contribution in [1.82, 2.24) is 4.98 Å². The second-order valence-electron chi connectivity index (χ2n) is 5.09. The van der Waals surface area contributed by atoms with Crippen LogP contribution in [0, 0.1) is 6.92 Å². The van der Waals surface area contributed by atoms with Crippen LogP contribution in [0.4, 0.5) is 5.69 Å². The monoisotopic (exact) mass is 272 g/mol. The van der Waals surface area contributed by atoms with Gasteiger partial charge in [-0.1, -0.05) is 12.1 Å². The number of nitrogens with zero attached hydrogens (tertiary/aromatic N) is 2. The minimum Gasteiger partial charge on any atom is -0.309 e. The molecule has 1 aliphatic heterocycles. The second-order valence-corrected chi connectivity index (χ2v) is 6.15. The van der Waals surface area contributed by atoms with E-state index in [0.717, 1.165) is 27.5 Å². The van der Waals surface area contributed by atoms with E-state index in [2.05, 4.69) is 16.4 Å². The Bertz CT molecular complexity index is 645. The first kappa shape index (κ1) is 12.4. The summed E-state index contributed by atoms with van der Waals surface area (Å²) in [5.74, 6) is 0.185. The molecule has 0 bridgehead atoms. The molecule has 19 heavy (non-hydrogen) atoms. The summed E-state index contributed by atoms with van der Waals surface area (Å²) in [6.45, 7) is 6.10. The zero-order valence-electron chi connectivity index (χ0n) is 11.3. The maximum atomic E-state index is 12.2. The maximum Gasteiger partial charge on any atom is 0.231 e. The molecule has 1 aromatic carbocycles. The molecule has 4 heteroatoms. The van der Waals surface area contributed by atoms with Gasteiger partial charge in [0, 0.05) is 22.7 Å². The Kier molecular flexibility index (Phi) is 2.90. The number of hydrogen-bond donors (Lipinski definition) is 0. The van der Waals surface area contributed by atoms with Crippen LogP contribution < -0.4 is 4.90 Å². The van der Waals surface area contributed by atoms with Crippen molar-refractivity contribution in [1.29, 1.82) is 0 Å². The first-order valence-electron chi connectivity index (χ1n) is 6.44. The molecular formula is C15H16N2OS. The third-order valence-electron chi connectivity index (χ3n) is 3.42. The van der Waals surface area contributed by atoms with Gasteiger partial charge in [-0.2, -0.15) is 0 Å². The van der Waals surface area contributed by atoms with E-state index in [1.54, 1.807) is 11.3 Å². The topological polar surface area (TPSA) is 33.2 Å². The second kappa shape index (κ2) is 4.46. The van der Waals surface area contributed by atoms with Gasteiger partial charge in [-0.3, -0.25) is 4.79 Å². The fraction of sp³-hybridized carbons (Fsp3) is 0.333. The Morgan fingerprint density at radius 3 is 2.79 bits per heavy atom. The summed E-state index contributed by atoms with van der Waals surface area (Å²) in [5, 5.41) is 3.12. The van der Waals surface area contributed by atoms with Crippen molar-refractivity contribution >= 4 is 22.9 Å². The zero-order valence-corrected chi connectivity index (χ0v) is 12.1. The number of benzene rings is 1. The summed E-state index contributed by atoms with van der Waals surface area (Å²) in [4.78, 5) is 18.6. The molecule has 0 saturated carbocycles. The largest absolute Gasteiger partial charge is 0.309 e. The van der Waals surface area contributed by atoms with Crippen molar-refractivity contribution in [3.8, 4) is 11.3 Å². The molecular weight excluding hydrogens is 256 g/mol. The highest BCUT2D eigenvalue weighted by Gasteiger charge is 2.31. The van der Waals surface area contributed by atoms with E-state index in [9.17, 15) is 4.79 Å². The Hall–Kier alpha value is -1.68. The van der Waals surface area contributed by atoms with Gasteiger partial charge in [-0.15, -0.1) is 11.3 Å². The van der Waals surface area contributed by atoms with Gasteiger partial charge < -0.3 is 4.90 Å². The number of fused-ring (bicyclic) bond motifs is 1. The van der Waals surface area contributed by atoms with Crippen molar-refractivity contribution < 1.29 is 4.79 Å². The number of carbonyl (C=O) groups is 1. The Morgan fingerprint density at radius 1 is 1.37 bits per heavy atom. The zero-order chi connectivity index (χ0) is 13.6. The molecule has 0 aliphatic carbocycles. The molecule has 3 nitrogen and oxygen atoms in total. The van der Waals surface area contributed by atoms with Gasteiger partial charge in [0.2, 0.25) is 5.91 Å². The first-order chi connectivity index (χ1) is 9.08. The molecule has 0 saturated heterocycles. The van der Waals surface area contributed by atoms with Crippen molar-refractivity contribution in [2.45, 2.75) is 33.2 Å². The summed E-state index contributed by atoms with van der Waals surface area (Å²) in [6.07, 6.45) is 0.486. The number of aryl methyl sites for hydroxylation is 1. The fourth-order valence-corrected chi connectivity index (χ4v) is 3.26. The average molecular weight is 272 g/mol. The summed E-state index contributed by atoms with van der Waals surface area (Å²) in [5.41, 5.74) is 4.24. The molecule has 1 aliphatic rings. The molecule has 0 fully saturated rings. The summed E-state index contributed by atoms with van der Waals surface area (Å²) < 4.78 is 0. The lowest BCUT2D eigenvalue weighted by Gasteiger charge is -2.22. The quantitative estimate of drug-likeness (QED) is 0.839. The molecule has 0 N–H and O–H groups in total. The predicted molar refractivity (Wildman–Crippen MR) is 78.6 cm³/mol. The molecule has 0 unspecified atom stereocenters. The summed E-state index contributed by atoms with van der Waals surface area (Å²) >= 11 is 1.64. The van der Waals surface area contributed by atoms with Crippen LogP contribution in [0.15, 0.2) is 23.6 Å². The maximum absolute atomic E-state index is 12.2. The standard InChI is InChI=1S/C15H16N2OS/c1-9(2)17-14-6-4-5-11(12(14)7-15(17)18)13-8-19-10(3)16-13/h4-6,8-9H,7H2,1-3H3. The summed E-state index contributed by atoms with van der Waals surface area (Å²) in [6, 6.07) is 6.30. The number of rotatable bonds is 2. The highest BCUT2D eigenvalue weighted by molar-refractivity contribution is 7.09. The smallest absolute Gasteiger partial charge is 0.231 e. The van der Waals surface area contributed by atoms with E-state index in [1.807, 2.05) is 37.8 Å². The average Bonchev–Trinajstić information content (AvgIpc) is 2.90. The van der Waals surface area contributed by atoms with Gasteiger partial charge in [0.1, 0.15) is 0 Å². The molecule has 2 heterocycles. The van der Waals surface area contributed by atoms with E-state index in [1.165, 1.54) is 0 Å². The molecule has 98 valence electrons. The highest BCUT2D eigenvalue weighted by atomic mass is 32.1. The minimum atomic E-state index is 0.185. The highest BCUT2D eigenvalue weighted by Crippen LogP contribution is 2.37. The van der Waals surface area contributed by atoms with E-state index in [4.69, 9.17) is 0 Å². The van der Waals surface area contributed by atoms with Crippen LogP contribution in [0.5, 0.6) is 0 Å². The van der Waals surface area contributed by atoms with Crippen molar-refractivity contribution in [2.24, 2.45) is 0 Å². The first-order valence-corrected chi connectivity index (χ1v) is 7.32. The lowest BCUT2D eigenvalue weighted by Crippen LogP contribution is -2.33. The number of carbonyl (C=O) groups excluding carboxylic acids is 1. The Morgan fingerprint density at radius 2 is 2.16 bits per heavy atom. The molecule has 0 radical (unpaired) electrons. The molecule has 0 spiro atoms. The third kappa shape index (κ3) is 1.96. The van der Waals surface area contributed by atoms with Crippen LogP contribution in [-0.4, -0.2) is 16.9 Å². The normalized spacial score (nSPS) is 14.3. The molecule has 2 aromatic rings. The van der Waals surface area contributed by atoms with Crippen molar-refractivity contribution in [3.05, 3.63) is 34.2 Å². The van der Waals surface area contributed by atoms with Gasteiger partial charge in [0.05, 0.1) is 17.1 Å². The van der Waals surface area contributed by atoms with Crippen LogP contribution in [0.25, 0.3) is 11.3 Å². The molecule has 3 rings (SSSR count). The van der Waals surface area contributed by atoms with Crippen LogP contribution in [0.1, 0.15) is 24.4 Å². The third-order valence-corrected chi connectivity index (χ3v) is 4.19. The van der Waals surface area contributed by atoms with Crippen molar-refractivity contribution in [3.63, 3.8) is 0 Å². The number of aromatic nitrogens is 1. The molecule has 0 atom stereocenters. The van der Waals surface area contributed by atoms with Crippen LogP contribution in [0.3, 0.4) is 0 Å². The van der Waals surface area contributed by atoms with E-state index in [0.29, 0.717) is 6.42 Å². The molecule has 1 aromatic heterocycles. The van der Waals surface area contributed by atoms with E-state index in [-0.39, 0.29) is 11.9 Å². The van der Waals surface area contributed by atoms with E-state index >= 15 is 0 Å². The van der Waals surface area contributed by atoms with Gasteiger partial charge in [-0.05, 0) is 32.4 Å². The van der Waals surface area contributed by atoms with Crippen LogP contribution in [0.2, 0.25) is 0 Å². The van der Waals surface area contributed by atoms with Gasteiger partial charge in [-0.25, -0.2) is 4.98 Å². The van der Waals surface area contributed by atoms with Crippen LogP contribution >= 0.6 is 11.3 Å². The van der Waals surface area contributed by atoms with Crippen molar-refractivity contribution in [2.75, 3.05) is 4.90 Å². The van der Waals surface area contributed by atoms with Gasteiger partial charge in [0.25, 0.3) is 0 Å². The fourth-order valence-electron chi connectivity index (χ4n) is 2.65. The van der Waals surface area contributed by atoms with Gasteiger partial charge in [0.15, 0.2) is 0 Å². The predicted octanol–water partition coefficient (Wildman–Crippen LogP) is 3.42. The molecule has 1 amide bonds. The number of amides is 1. The SMILES string of the molecule is Cc1nc(-c2cccc3c2CC(=O)N3C(C)C)cs1. The van der Waals surface area contributed by atoms with Gasteiger partial charge >= 0.3 is 0 Å². The number of hydrogen-bond acceptors (Lipinski definition) is 3. The van der Waals surface area contributed by atoms with E-state index < -0.39 is 0 Å². The number of anilines is 1. The number of thiazole rings is 1. The lowest BCUT2D eigenvalue weighted by atomic mass is 10.0. The minimum absolute atomic E-state index is 0.185. The van der Waals surface area contributed by atoms with Crippen LogP contribution in [-0.2, 0) is 11.2 Å².